The van der Waals surface area contributed by atoms with Crippen molar-refractivity contribution in [2.45, 2.75) is 38.2 Å². The van der Waals surface area contributed by atoms with E-state index in [0.29, 0.717) is 12.8 Å². The van der Waals surface area contributed by atoms with Gasteiger partial charge in [0.25, 0.3) is 0 Å². The zero-order chi connectivity index (χ0) is 14.9. The van der Waals surface area contributed by atoms with Gasteiger partial charge in [0.05, 0.1) is 12.7 Å². The number of anilines is 1. The van der Waals surface area contributed by atoms with Crippen molar-refractivity contribution < 1.29 is 14.6 Å². The van der Waals surface area contributed by atoms with E-state index in [0.717, 1.165) is 37.1 Å². The Balaban J connectivity index is 1.82. The van der Waals surface area contributed by atoms with Gasteiger partial charge in [0, 0.05) is 30.7 Å². The number of rotatable bonds is 5. The molecule has 1 atom stereocenters. The van der Waals surface area contributed by atoms with Gasteiger partial charge < -0.3 is 15.2 Å². The molecule has 0 aliphatic carbocycles. The van der Waals surface area contributed by atoms with Crippen LogP contribution in [0.3, 0.4) is 0 Å². The molecule has 1 unspecified atom stereocenters. The van der Waals surface area contributed by atoms with Crippen LogP contribution in [0.4, 0.5) is 5.69 Å². The van der Waals surface area contributed by atoms with Crippen LogP contribution in [-0.4, -0.2) is 30.3 Å². The summed E-state index contributed by atoms with van der Waals surface area (Å²) in [6.07, 6.45) is 4.11. The van der Waals surface area contributed by atoms with E-state index < -0.39 is 0 Å². The van der Waals surface area contributed by atoms with Crippen LogP contribution in [0, 0.1) is 11.8 Å². The summed E-state index contributed by atoms with van der Waals surface area (Å²) in [4.78, 5) is 11.9. The molecule has 0 bridgehead atoms. The topological polar surface area (TPSA) is 58.6 Å². The van der Waals surface area contributed by atoms with Crippen LogP contribution in [0.1, 0.15) is 37.7 Å². The molecule has 0 radical (unpaired) electrons. The Labute approximate surface area is 125 Å². The standard InChI is InChI=1S/C17H21NO3/c19-11-2-1-5-14-6-3-7-15(13-14)18-17(20)10-9-16-8-4-12-21-16/h3,6-7,13,16,19H,2,4,8-12H2,(H,18,20). The van der Waals surface area contributed by atoms with Crippen molar-refractivity contribution in [3.8, 4) is 11.8 Å². The second kappa shape index (κ2) is 8.46. The third-order valence-corrected chi connectivity index (χ3v) is 3.33. The van der Waals surface area contributed by atoms with Crippen LogP contribution in [0.2, 0.25) is 0 Å². The van der Waals surface area contributed by atoms with Crippen molar-refractivity contribution in [1.82, 2.24) is 0 Å². The van der Waals surface area contributed by atoms with Crippen LogP contribution >= 0.6 is 0 Å². The molecule has 0 aromatic heterocycles. The number of nitrogens with one attached hydrogen (secondary N) is 1. The van der Waals surface area contributed by atoms with E-state index in [-0.39, 0.29) is 18.6 Å². The zero-order valence-electron chi connectivity index (χ0n) is 12.1. The molecule has 112 valence electrons. The van der Waals surface area contributed by atoms with Gasteiger partial charge >= 0.3 is 0 Å². The molecule has 2 N–H and O–H groups in total. The van der Waals surface area contributed by atoms with Crippen molar-refractivity contribution in [3.05, 3.63) is 29.8 Å². The number of benzene rings is 1. The maximum atomic E-state index is 11.9. The molecular weight excluding hydrogens is 266 g/mol. The number of carbonyl (C=O) groups is 1. The molecule has 1 aliphatic rings. The Kier molecular flexibility index (Phi) is 6.26. The van der Waals surface area contributed by atoms with E-state index in [1.165, 1.54) is 0 Å². The Morgan fingerprint density at radius 1 is 1.48 bits per heavy atom. The van der Waals surface area contributed by atoms with E-state index in [1.54, 1.807) is 0 Å². The molecule has 4 heteroatoms. The highest BCUT2D eigenvalue weighted by Gasteiger charge is 2.16. The second-order valence-corrected chi connectivity index (χ2v) is 5.08. The minimum absolute atomic E-state index is 0.00553. The van der Waals surface area contributed by atoms with Crippen LogP contribution in [0.25, 0.3) is 0 Å². The number of hydrogen-bond donors (Lipinski definition) is 2. The first-order valence-corrected chi connectivity index (χ1v) is 7.39. The summed E-state index contributed by atoms with van der Waals surface area (Å²) in [5, 5.41) is 11.6. The van der Waals surface area contributed by atoms with Gasteiger partial charge in [-0.2, -0.15) is 0 Å². The van der Waals surface area contributed by atoms with Gasteiger partial charge in [-0.1, -0.05) is 17.9 Å². The SMILES string of the molecule is O=C(CCC1CCCO1)Nc1cccc(C#CCCO)c1. The summed E-state index contributed by atoms with van der Waals surface area (Å²) >= 11 is 0. The fraction of sp³-hybridized carbons (Fsp3) is 0.471. The van der Waals surface area contributed by atoms with Crippen molar-refractivity contribution in [1.29, 1.82) is 0 Å². The Morgan fingerprint density at radius 3 is 3.14 bits per heavy atom. The number of aliphatic hydroxyl groups excluding tert-OH is 1. The molecule has 0 spiro atoms. The molecule has 1 aromatic carbocycles. The van der Waals surface area contributed by atoms with Crippen molar-refractivity contribution >= 4 is 11.6 Å². The lowest BCUT2D eigenvalue weighted by Gasteiger charge is -2.09. The van der Waals surface area contributed by atoms with E-state index in [9.17, 15) is 4.79 Å². The van der Waals surface area contributed by atoms with E-state index in [1.807, 2.05) is 24.3 Å². The molecule has 0 saturated carbocycles. The normalized spacial score (nSPS) is 17.1. The lowest BCUT2D eigenvalue weighted by molar-refractivity contribution is -0.116. The highest BCUT2D eigenvalue weighted by molar-refractivity contribution is 5.90. The van der Waals surface area contributed by atoms with Gasteiger partial charge in [-0.3, -0.25) is 4.79 Å². The van der Waals surface area contributed by atoms with Crippen molar-refractivity contribution in [2.24, 2.45) is 0 Å². The fourth-order valence-electron chi connectivity index (χ4n) is 2.28. The third-order valence-electron chi connectivity index (χ3n) is 3.33. The maximum Gasteiger partial charge on any atom is 0.224 e. The fourth-order valence-corrected chi connectivity index (χ4v) is 2.28. The molecule has 1 aliphatic heterocycles. The summed E-state index contributed by atoms with van der Waals surface area (Å²) in [7, 11) is 0. The Hall–Kier alpha value is -1.83. The monoisotopic (exact) mass is 287 g/mol. The average Bonchev–Trinajstić information content (AvgIpc) is 2.99. The molecule has 1 amide bonds. The van der Waals surface area contributed by atoms with E-state index in [2.05, 4.69) is 17.2 Å². The van der Waals surface area contributed by atoms with Gasteiger partial charge in [0.15, 0.2) is 0 Å². The molecule has 1 fully saturated rings. The minimum atomic E-state index is 0.00553. The zero-order valence-corrected chi connectivity index (χ0v) is 12.1. The average molecular weight is 287 g/mol. The summed E-state index contributed by atoms with van der Waals surface area (Å²) in [5.41, 5.74) is 1.59. The number of amides is 1. The van der Waals surface area contributed by atoms with Crippen molar-refractivity contribution in [3.63, 3.8) is 0 Å². The van der Waals surface area contributed by atoms with Crippen molar-refractivity contribution in [2.75, 3.05) is 18.5 Å². The van der Waals surface area contributed by atoms with Crippen LogP contribution in [-0.2, 0) is 9.53 Å². The number of aliphatic hydroxyl groups is 1. The first-order valence-electron chi connectivity index (χ1n) is 7.39. The van der Waals surface area contributed by atoms with Gasteiger partial charge in [-0.15, -0.1) is 0 Å². The molecule has 21 heavy (non-hydrogen) atoms. The summed E-state index contributed by atoms with van der Waals surface area (Å²) in [5.74, 6) is 5.83. The first-order chi connectivity index (χ1) is 10.3. The quantitative estimate of drug-likeness (QED) is 0.817. The first kappa shape index (κ1) is 15.6. The largest absolute Gasteiger partial charge is 0.395 e. The van der Waals surface area contributed by atoms with Gasteiger partial charge in [-0.25, -0.2) is 0 Å². The van der Waals surface area contributed by atoms with Crippen LogP contribution < -0.4 is 5.32 Å². The smallest absolute Gasteiger partial charge is 0.224 e. The third kappa shape index (κ3) is 5.58. The number of ether oxygens (including phenoxy) is 1. The van der Waals surface area contributed by atoms with Crippen LogP contribution in [0.5, 0.6) is 0 Å². The molecule has 1 saturated heterocycles. The lowest BCUT2D eigenvalue weighted by atomic mass is 10.1. The molecule has 1 heterocycles. The number of carbonyl (C=O) groups excluding carboxylic acids is 1. The maximum absolute atomic E-state index is 11.9. The van der Waals surface area contributed by atoms with Gasteiger partial charge in [0.2, 0.25) is 5.91 Å². The van der Waals surface area contributed by atoms with E-state index in [4.69, 9.17) is 9.84 Å². The predicted molar refractivity (Wildman–Crippen MR) is 81.9 cm³/mol. The minimum Gasteiger partial charge on any atom is -0.395 e. The van der Waals surface area contributed by atoms with Gasteiger partial charge in [0.1, 0.15) is 0 Å². The Morgan fingerprint density at radius 2 is 2.38 bits per heavy atom. The predicted octanol–water partition coefficient (Wildman–Crippen LogP) is 2.32. The molecule has 2 rings (SSSR count). The molecular formula is C17H21NO3. The molecule has 4 nitrogen and oxygen atoms in total. The second-order valence-electron chi connectivity index (χ2n) is 5.08. The lowest BCUT2D eigenvalue weighted by Crippen LogP contribution is -2.15. The van der Waals surface area contributed by atoms with Gasteiger partial charge in [-0.05, 0) is 37.5 Å². The highest BCUT2D eigenvalue weighted by Crippen LogP contribution is 2.17. The highest BCUT2D eigenvalue weighted by atomic mass is 16.5. The number of hydrogen-bond acceptors (Lipinski definition) is 3. The summed E-state index contributed by atoms with van der Waals surface area (Å²) < 4.78 is 5.51. The van der Waals surface area contributed by atoms with Crippen LogP contribution in [0.15, 0.2) is 24.3 Å². The summed E-state index contributed by atoms with van der Waals surface area (Å²) in [6.45, 7) is 0.882. The molecule has 1 aromatic rings. The van der Waals surface area contributed by atoms with E-state index >= 15 is 0 Å². The Bertz CT molecular complexity index is 524. The summed E-state index contributed by atoms with van der Waals surface area (Å²) in [6, 6.07) is 7.43.